The van der Waals surface area contributed by atoms with Crippen LogP contribution in [0.2, 0.25) is 0 Å². The molecule has 2 N–H and O–H groups in total. The fraction of sp³-hybridized carbons (Fsp3) is 0.300. The highest BCUT2D eigenvalue weighted by Crippen LogP contribution is 2.29. The minimum absolute atomic E-state index is 0.0155. The van der Waals surface area contributed by atoms with Crippen molar-refractivity contribution in [3.8, 4) is 0 Å². The van der Waals surface area contributed by atoms with E-state index in [1.165, 1.54) is 30.2 Å². The van der Waals surface area contributed by atoms with Gasteiger partial charge in [0.15, 0.2) is 5.16 Å². The van der Waals surface area contributed by atoms with Gasteiger partial charge in [0, 0.05) is 13.1 Å². The quantitative estimate of drug-likeness (QED) is 0.664. The van der Waals surface area contributed by atoms with Gasteiger partial charge in [0.05, 0.1) is 28.2 Å². The molecule has 0 spiro atoms. The third kappa shape index (κ3) is 3.70. The number of thioether (sulfide) groups is 1. The van der Waals surface area contributed by atoms with Gasteiger partial charge in [0.2, 0.25) is 5.91 Å². The number of aromatic amines is 1. The number of rotatable bonds is 5. The lowest BCUT2D eigenvalue weighted by Gasteiger charge is -2.21. The van der Waals surface area contributed by atoms with Crippen molar-refractivity contribution >= 4 is 40.1 Å². The molecule has 0 bridgehead atoms. The predicted molar refractivity (Wildman–Crippen MR) is 108 cm³/mol. The predicted octanol–water partition coefficient (Wildman–Crippen LogP) is 4.20. The van der Waals surface area contributed by atoms with Crippen LogP contribution in [-0.4, -0.2) is 34.7 Å². The maximum atomic E-state index is 12.4. The lowest BCUT2D eigenvalue weighted by molar-refractivity contribution is -0.113. The van der Waals surface area contributed by atoms with Crippen molar-refractivity contribution < 1.29 is 4.79 Å². The molecule has 0 radical (unpaired) electrons. The van der Waals surface area contributed by atoms with E-state index in [-0.39, 0.29) is 5.91 Å². The number of para-hydroxylation sites is 2. The van der Waals surface area contributed by atoms with Gasteiger partial charge < -0.3 is 15.2 Å². The molecule has 1 aliphatic rings. The third-order valence-electron chi connectivity index (χ3n) is 4.58. The second-order valence-electron chi connectivity index (χ2n) is 6.61. The van der Waals surface area contributed by atoms with Crippen molar-refractivity contribution in [1.29, 1.82) is 0 Å². The van der Waals surface area contributed by atoms with E-state index in [1.807, 2.05) is 30.3 Å². The Balaban J connectivity index is 1.41. The van der Waals surface area contributed by atoms with Crippen LogP contribution >= 0.6 is 11.8 Å². The van der Waals surface area contributed by atoms with Crippen LogP contribution in [0.4, 0.5) is 11.4 Å². The van der Waals surface area contributed by atoms with E-state index in [4.69, 9.17) is 0 Å². The minimum atomic E-state index is -0.0155. The SMILES string of the molecule is Cc1ccc2nc(SCC(=O)Nc3ccccc3N3CCCC3)[nH]c2c1. The third-order valence-corrected chi connectivity index (χ3v) is 5.45. The normalized spacial score (nSPS) is 14.1. The summed E-state index contributed by atoms with van der Waals surface area (Å²) in [6.45, 7) is 4.17. The van der Waals surface area contributed by atoms with E-state index in [0.717, 1.165) is 40.7 Å². The number of imidazole rings is 1. The molecule has 0 unspecified atom stereocenters. The second-order valence-corrected chi connectivity index (χ2v) is 7.57. The summed E-state index contributed by atoms with van der Waals surface area (Å²) in [6, 6.07) is 14.1. The highest BCUT2D eigenvalue weighted by atomic mass is 32.2. The van der Waals surface area contributed by atoms with Crippen LogP contribution in [0.15, 0.2) is 47.6 Å². The molecule has 0 atom stereocenters. The second kappa shape index (κ2) is 7.41. The fourth-order valence-electron chi connectivity index (χ4n) is 3.30. The van der Waals surface area contributed by atoms with Gasteiger partial charge in [-0.25, -0.2) is 4.98 Å². The zero-order valence-electron chi connectivity index (χ0n) is 14.8. The van der Waals surface area contributed by atoms with E-state index < -0.39 is 0 Å². The lowest BCUT2D eigenvalue weighted by Crippen LogP contribution is -2.21. The number of aryl methyl sites for hydroxylation is 1. The van der Waals surface area contributed by atoms with Crippen LogP contribution in [0.3, 0.4) is 0 Å². The van der Waals surface area contributed by atoms with Gasteiger partial charge in [-0.05, 0) is 49.6 Å². The molecule has 0 aliphatic carbocycles. The number of nitrogens with zero attached hydrogens (tertiary/aromatic N) is 2. The number of carbonyl (C=O) groups excluding carboxylic acids is 1. The van der Waals surface area contributed by atoms with Crippen molar-refractivity contribution in [2.24, 2.45) is 0 Å². The zero-order valence-corrected chi connectivity index (χ0v) is 15.6. The van der Waals surface area contributed by atoms with Gasteiger partial charge >= 0.3 is 0 Å². The average Bonchev–Trinajstić information content (AvgIpc) is 3.29. The summed E-state index contributed by atoms with van der Waals surface area (Å²) >= 11 is 1.43. The summed E-state index contributed by atoms with van der Waals surface area (Å²) in [6.07, 6.45) is 2.42. The Bertz CT molecular complexity index is 930. The molecule has 1 saturated heterocycles. The molecule has 4 rings (SSSR count). The maximum absolute atomic E-state index is 12.4. The van der Waals surface area contributed by atoms with Crippen LogP contribution in [0.1, 0.15) is 18.4 Å². The van der Waals surface area contributed by atoms with E-state index in [2.05, 4.69) is 39.2 Å². The molecule has 1 aromatic heterocycles. The molecule has 1 aliphatic heterocycles. The first kappa shape index (κ1) is 17.0. The number of benzene rings is 2. The Morgan fingerprint density at radius 1 is 1.23 bits per heavy atom. The molecule has 0 saturated carbocycles. The van der Waals surface area contributed by atoms with Gasteiger partial charge in [-0.3, -0.25) is 4.79 Å². The van der Waals surface area contributed by atoms with Crippen LogP contribution in [-0.2, 0) is 4.79 Å². The number of amides is 1. The Morgan fingerprint density at radius 3 is 2.88 bits per heavy atom. The van der Waals surface area contributed by atoms with Crippen LogP contribution < -0.4 is 10.2 Å². The molecule has 6 heteroatoms. The van der Waals surface area contributed by atoms with Crippen molar-refractivity contribution in [3.05, 3.63) is 48.0 Å². The summed E-state index contributed by atoms with van der Waals surface area (Å²) in [5.41, 5.74) is 5.13. The largest absolute Gasteiger partial charge is 0.370 e. The molecule has 1 amide bonds. The molecular weight excluding hydrogens is 344 g/mol. The van der Waals surface area contributed by atoms with Crippen molar-refractivity contribution in [2.45, 2.75) is 24.9 Å². The van der Waals surface area contributed by atoms with E-state index in [9.17, 15) is 4.79 Å². The Kier molecular flexibility index (Phi) is 4.84. The monoisotopic (exact) mass is 366 g/mol. The maximum Gasteiger partial charge on any atom is 0.234 e. The topological polar surface area (TPSA) is 61.0 Å². The first-order valence-electron chi connectivity index (χ1n) is 8.92. The van der Waals surface area contributed by atoms with Gasteiger partial charge in [0.25, 0.3) is 0 Å². The van der Waals surface area contributed by atoms with Gasteiger partial charge in [0.1, 0.15) is 0 Å². The standard InChI is InChI=1S/C20H22N4OS/c1-14-8-9-15-17(12-14)23-20(22-15)26-13-19(25)21-16-6-2-3-7-18(16)24-10-4-5-11-24/h2-3,6-9,12H,4-5,10-11,13H2,1H3,(H,21,25)(H,22,23). The number of hydrogen-bond donors (Lipinski definition) is 2. The molecule has 2 aromatic carbocycles. The number of nitrogens with one attached hydrogen (secondary N) is 2. The molecule has 5 nitrogen and oxygen atoms in total. The first-order valence-corrected chi connectivity index (χ1v) is 9.90. The Hall–Kier alpha value is -2.47. The number of aromatic nitrogens is 2. The lowest BCUT2D eigenvalue weighted by atomic mass is 10.2. The molecule has 134 valence electrons. The highest BCUT2D eigenvalue weighted by Gasteiger charge is 2.16. The van der Waals surface area contributed by atoms with E-state index >= 15 is 0 Å². The number of carbonyl (C=O) groups is 1. The van der Waals surface area contributed by atoms with Crippen molar-refractivity contribution in [3.63, 3.8) is 0 Å². The molecule has 3 aromatic rings. The van der Waals surface area contributed by atoms with E-state index in [0.29, 0.717) is 5.75 Å². The van der Waals surface area contributed by atoms with Crippen molar-refractivity contribution in [2.75, 3.05) is 29.1 Å². The number of anilines is 2. The zero-order chi connectivity index (χ0) is 17.9. The van der Waals surface area contributed by atoms with Crippen molar-refractivity contribution in [1.82, 2.24) is 9.97 Å². The first-order chi connectivity index (χ1) is 12.7. The van der Waals surface area contributed by atoms with Gasteiger partial charge in [-0.2, -0.15) is 0 Å². The van der Waals surface area contributed by atoms with Crippen LogP contribution in [0, 0.1) is 6.92 Å². The summed E-state index contributed by atoms with van der Waals surface area (Å²) in [4.78, 5) is 22.6. The molecule has 26 heavy (non-hydrogen) atoms. The Labute approximate surface area is 157 Å². The average molecular weight is 366 g/mol. The van der Waals surface area contributed by atoms with Gasteiger partial charge in [-0.15, -0.1) is 0 Å². The Morgan fingerprint density at radius 2 is 2.04 bits per heavy atom. The summed E-state index contributed by atoms with van der Waals surface area (Å²) in [5, 5.41) is 3.83. The fourth-order valence-corrected chi connectivity index (χ4v) is 3.99. The summed E-state index contributed by atoms with van der Waals surface area (Å²) < 4.78 is 0. The number of fused-ring (bicyclic) bond motifs is 1. The molecular formula is C20H22N4OS. The van der Waals surface area contributed by atoms with E-state index in [1.54, 1.807) is 0 Å². The van der Waals surface area contributed by atoms with Gasteiger partial charge in [-0.1, -0.05) is 30.0 Å². The highest BCUT2D eigenvalue weighted by molar-refractivity contribution is 7.99. The van der Waals surface area contributed by atoms with Crippen LogP contribution in [0.25, 0.3) is 11.0 Å². The number of H-pyrrole nitrogens is 1. The van der Waals surface area contributed by atoms with Crippen LogP contribution in [0.5, 0.6) is 0 Å². The summed E-state index contributed by atoms with van der Waals surface area (Å²) in [7, 11) is 0. The summed E-state index contributed by atoms with van der Waals surface area (Å²) in [5.74, 6) is 0.311. The molecule has 2 heterocycles. The number of hydrogen-bond acceptors (Lipinski definition) is 4. The minimum Gasteiger partial charge on any atom is -0.370 e. The molecule has 1 fully saturated rings. The smallest absolute Gasteiger partial charge is 0.234 e.